The van der Waals surface area contributed by atoms with Gasteiger partial charge in [0.15, 0.2) is 6.10 Å². The second kappa shape index (κ2) is 7.61. The second-order valence-electron chi connectivity index (χ2n) is 6.58. The Bertz CT molecular complexity index is 1030. The van der Waals surface area contributed by atoms with Gasteiger partial charge in [-0.25, -0.2) is 4.98 Å². The highest BCUT2D eigenvalue weighted by molar-refractivity contribution is 6.31. The topological polar surface area (TPSA) is 105 Å². The van der Waals surface area contributed by atoms with Gasteiger partial charge in [-0.15, -0.1) is 0 Å². The molecule has 3 heterocycles. The maximum absolute atomic E-state index is 12.5. The maximum atomic E-state index is 12.5. The first-order valence-corrected chi connectivity index (χ1v) is 9.19. The highest BCUT2D eigenvalue weighted by atomic mass is 35.5. The minimum absolute atomic E-state index is 0.164. The Morgan fingerprint density at radius 1 is 1.43 bits per heavy atom. The molecule has 9 nitrogen and oxygen atoms in total. The molecule has 0 spiro atoms. The number of amides is 2. The lowest BCUT2D eigenvalue weighted by molar-refractivity contribution is -0.137. The monoisotopic (exact) mass is 402 g/mol. The van der Waals surface area contributed by atoms with Crippen LogP contribution in [0.3, 0.4) is 0 Å². The minimum Gasteiger partial charge on any atom is -0.365 e. The number of aromatic amines is 1. The molecule has 0 radical (unpaired) electrons. The molecule has 28 heavy (non-hydrogen) atoms. The smallest absolute Gasteiger partial charge is 0.257 e. The van der Waals surface area contributed by atoms with E-state index in [2.05, 4.69) is 20.4 Å². The molecule has 2 aromatic heterocycles. The summed E-state index contributed by atoms with van der Waals surface area (Å²) in [5.74, 6) is 0.162. The maximum Gasteiger partial charge on any atom is 0.257 e. The number of carbonyl (C=O) groups excluding carboxylic acids is 2. The number of hydrogen-bond acceptors (Lipinski definition) is 5. The molecule has 1 atom stereocenters. The SMILES string of the molecule is Cn1cc(C(=O)N2CCOC(C(=O)NCc3nc4ccc(Cl)cc4[nH]3)C2)cn1. The molecule has 0 aliphatic carbocycles. The van der Waals surface area contributed by atoms with Crippen LogP contribution in [0, 0.1) is 0 Å². The molecule has 0 bridgehead atoms. The summed E-state index contributed by atoms with van der Waals surface area (Å²) in [7, 11) is 1.75. The standard InChI is InChI=1S/C18H19ClN6O3/c1-24-9-11(7-21-24)18(27)25-4-5-28-15(10-25)17(26)20-8-16-22-13-3-2-12(19)6-14(13)23-16/h2-3,6-7,9,15H,4-5,8,10H2,1H3,(H,20,26)(H,22,23). The van der Waals surface area contributed by atoms with Crippen LogP contribution in [0.25, 0.3) is 11.0 Å². The van der Waals surface area contributed by atoms with Crippen LogP contribution in [-0.4, -0.2) is 62.3 Å². The number of rotatable bonds is 4. The lowest BCUT2D eigenvalue weighted by Crippen LogP contribution is -2.51. The Hall–Kier alpha value is -2.91. The van der Waals surface area contributed by atoms with E-state index >= 15 is 0 Å². The van der Waals surface area contributed by atoms with Crippen molar-refractivity contribution in [3.05, 3.63) is 47.0 Å². The highest BCUT2D eigenvalue weighted by Gasteiger charge is 2.30. The van der Waals surface area contributed by atoms with Gasteiger partial charge < -0.3 is 19.9 Å². The zero-order valence-corrected chi connectivity index (χ0v) is 15.9. The summed E-state index contributed by atoms with van der Waals surface area (Å²) in [6.45, 7) is 1.14. The van der Waals surface area contributed by atoms with Gasteiger partial charge in [-0.1, -0.05) is 11.6 Å². The molecule has 10 heteroatoms. The molecule has 1 unspecified atom stereocenters. The number of fused-ring (bicyclic) bond motifs is 1. The Balaban J connectivity index is 1.36. The number of H-pyrrole nitrogens is 1. The number of hydrogen-bond donors (Lipinski definition) is 2. The summed E-state index contributed by atoms with van der Waals surface area (Å²) >= 11 is 5.97. The largest absolute Gasteiger partial charge is 0.365 e. The number of benzene rings is 1. The van der Waals surface area contributed by atoms with E-state index in [9.17, 15) is 9.59 Å². The van der Waals surface area contributed by atoms with Crippen molar-refractivity contribution in [2.45, 2.75) is 12.6 Å². The summed E-state index contributed by atoms with van der Waals surface area (Å²) in [4.78, 5) is 34.2. The van der Waals surface area contributed by atoms with Crippen molar-refractivity contribution in [3.63, 3.8) is 0 Å². The molecule has 146 valence electrons. The fourth-order valence-corrected chi connectivity index (χ4v) is 3.28. The normalized spacial score (nSPS) is 17.1. The number of nitrogens with one attached hydrogen (secondary N) is 2. The van der Waals surface area contributed by atoms with Crippen LogP contribution in [-0.2, 0) is 23.1 Å². The summed E-state index contributed by atoms with van der Waals surface area (Å²) in [5, 5.41) is 7.43. The Kier molecular flexibility index (Phi) is 5.01. The Labute approximate surface area is 165 Å². The van der Waals surface area contributed by atoms with Crippen molar-refractivity contribution in [1.82, 2.24) is 30.0 Å². The van der Waals surface area contributed by atoms with E-state index in [1.54, 1.807) is 35.0 Å². The summed E-state index contributed by atoms with van der Waals surface area (Å²) in [5.41, 5.74) is 2.07. The van der Waals surface area contributed by atoms with Gasteiger partial charge in [-0.05, 0) is 18.2 Å². The summed E-state index contributed by atoms with van der Waals surface area (Å²) in [6.07, 6.45) is 2.44. The number of morpholine rings is 1. The number of aryl methyl sites for hydroxylation is 1. The zero-order valence-electron chi connectivity index (χ0n) is 15.2. The first-order valence-electron chi connectivity index (χ1n) is 8.81. The molecule has 1 aromatic carbocycles. The third-order valence-electron chi connectivity index (χ3n) is 4.52. The van der Waals surface area contributed by atoms with Crippen LogP contribution in [0.15, 0.2) is 30.6 Å². The van der Waals surface area contributed by atoms with E-state index in [1.807, 2.05) is 6.07 Å². The average Bonchev–Trinajstić information content (AvgIpc) is 3.31. The van der Waals surface area contributed by atoms with Gasteiger partial charge in [0.05, 0.1) is 42.5 Å². The molecule has 1 aliphatic heterocycles. The predicted molar refractivity (Wildman–Crippen MR) is 102 cm³/mol. The van der Waals surface area contributed by atoms with Crippen LogP contribution < -0.4 is 5.32 Å². The molecule has 2 N–H and O–H groups in total. The average molecular weight is 403 g/mol. The van der Waals surface area contributed by atoms with Gasteiger partial charge in [0.25, 0.3) is 11.8 Å². The van der Waals surface area contributed by atoms with Crippen molar-refractivity contribution >= 4 is 34.4 Å². The number of ether oxygens (including phenoxy) is 1. The molecule has 3 aromatic rings. The molecule has 1 aliphatic rings. The van der Waals surface area contributed by atoms with Crippen LogP contribution in [0.2, 0.25) is 5.02 Å². The Morgan fingerprint density at radius 2 is 2.29 bits per heavy atom. The molecule has 0 saturated carbocycles. The van der Waals surface area contributed by atoms with Crippen LogP contribution >= 0.6 is 11.6 Å². The van der Waals surface area contributed by atoms with Gasteiger partial charge in [-0.3, -0.25) is 14.3 Å². The number of nitrogens with zero attached hydrogens (tertiary/aromatic N) is 4. The lowest BCUT2D eigenvalue weighted by Gasteiger charge is -2.31. The van der Waals surface area contributed by atoms with E-state index in [-0.39, 0.29) is 24.9 Å². The van der Waals surface area contributed by atoms with Crippen LogP contribution in [0.1, 0.15) is 16.2 Å². The number of aromatic nitrogens is 4. The van der Waals surface area contributed by atoms with Crippen molar-refractivity contribution in [3.8, 4) is 0 Å². The van der Waals surface area contributed by atoms with Gasteiger partial charge >= 0.3 is 0 Å². The highest BCUT2D eigenvalue weighted by Crippen LogP contribution is 2.17. The fraction of sp³-hybridized carbons (Fsp3) is 0.333. The van der Waals surface area contributed by atoms with E-state index in [4.69, 9.17) is 16.3 Å². The van der Waals surface area contributed by atoms with E-state index in [1.165, 1.54) is 6.20 Å². The van der Waals surface area contributed by atoms with Gasteiger partial charge in [0.1, 0.15) is 5.82 Å². The number of halogens is 1. The van der Waals surface area contributed by atoms with E-state index < -0.39 is 6.10 Å². The third-order valence-corrected chi connectivity index (χ3v) is 4.76. The van der Waals surface area contributed by atoms with Crippen molar-refractivity contribution in [2.75, 3.05) is 19.7 Å². The summed E-state index contributed by atoms with van der Waals surface area (Å²) < 4.78 is 7.12. The molecule has 1 fully saturated rings. The minimum atomic E-state index is -0.729. The van der Waals surface area contributed by atoms with Gasteiger partial charge in [0.2, 0.25) is 0 Å². The molecule has 4 rings (SSSR count). The van der Waals surface area contributed by atoms with Crippen LogP contribution in [0.4, 0.5) is 0 Å². The zero-order chi connectivity index (χ0) is 19.7. The molecule has 1 saturated heterocycles. The van der Waals surface area contributed by atoms with Crippen LogP contribution in [0.5, 0.6) is 0 Å². The predicted octanol–water partition coefficient (Wildman–Crippen LogP) is 1.11. The second-order valence-corrected chi connectivity index (χ2v) is 7.01. The van der Waals surface area contributed by atoms with Gasteiger partial charge in [-0.2, -0.15) is 5.10 Å². The lowest BCUT2D eigenvalue weighted by atomic mass is 10.2. The van der Waals surface area contributed by atoms with Crippen molar-refractivity contribution in [2.24, 2.45) is 7.05 Å². The number of carbonyl (C=O) groups is 2. The number of imidazole rings is 1. The van der Waals surface area contributed by atoms with E-state index in [0.717, 1.165) is 11.0 Å². The quantitative estimate of drug-likeness (QED) is 0.680. The first-order chi connectivity index (χ1) is 13.5. The molecule has 2 amide bonds. The molecular weight excluding hydrogens is 384 g/mol. The van der Waals surface area contributed by atoms with Crippen molar-refractivity contribution in [1.29, 1.82) is 0 Å². The fourth-order valence-electron chi connectivity index (χ4n) is 3.11. The third kappa shape index (κ3) is 3.85. The first kappa shape index (κ1) is 18.5. The molecular formula is C18H19ClN6O3. The Morgan fingerprint density at radius 3 is 3.07 bits per heavy atom. The van der Waals surface area contributed by atoms with E-state index in [0.29, 0.717) is 29.6 Å². The van der Waals surface area contributed by atoms with Crippen molar-refractivity contribution < 1.29 is 14.3 Å². The van der Waals surface area contributed by atoms with Gasteiger partial charge in [0, 0.05) is 24.8 Å². The summed E-state index contributed by atoms with van der Waals surface area (Å²) in [6, 6.07) is 5.35.